The van der Waals surface area contributed by atoms with E-state index < -0.39 is 0 Å². The second kappa shape index (κ2) is 3.97. The van der Waals surface area contributed by atoms with Gasteiger partial charge in [0.15, 0.2) is 0 Å². The molecule has 1 aliphatic rings. The van der Waals surface area contributed by atoms with E-state index in [4.69, 9.17) is 5.11 Å². The summed E-state index contributed by atoms with van der Waals surface area (Å²) in [5, 5.41) is 17.3. The fraction of sp³-hybridized carbons (Fsp3) is 0.857. The van der Waals surface area contributed by atoms with Crippen LogP contribution in [0.15, 0.2) is 0 Å². The Bertz CT molecular complexity index is 245. The molecule has 0 atom stereocenters. The van der Waals surface area contributed by atoms with Crippen LogP contribution in [0.25, 0.3) is 0 Å². The van der Waals surface area contributed by atoms with Crippen molar-refractivity contribution in [3.63, 3.8) is 0 Å². The van der Waals surface area contributed by atoms with Gasteiger partial charge in [0.05, 0.1) is 0 Å². The summed E-state index contributed by atoms with van der Waals surface area (Å²) in [5.74, 6) is 0.470. The second-order valence-electron chi connectivity index (χ2n) is 3.26. The molecule has 1 N–H and O–H groups in total. The zero-order chi connectivity index (χ0) is 9.10. The van der Waals surface area contributed by atoms with Gasteiger partial charge in [-0.3, -0.25) is 0 Å². The number of piperidine rings is 1. The van der Waals surface area contributed by atoms with Gasteiger partial charge in [0.2, 0.25) is 5.13 Å². The van der Waals surface area contributed by atoms with E-state index >= 15 is 0 Å². The standard InChI is InChI=1S/C7H12N4OS/c12-5-6-1-3-11(4-2-6)7-8-9-10-13-7/h6,12H,1-5H2. The van der Waals surface area contributed by atoms with E-state index in [1.165, 1.54) is 11.5 Å². The van der Waals surface area contributed by atoms with E-state index in [1.54, 1.807) is 0 Å². The minimum Gasteiger partial charge on any atom is -0.396 e. The fourth-order valence-electron chi connectivity index (χ4n) is 1.56. The van der Waals surface area contributed by atoms with Crippen molar-refractivity contribution in [3.05, 3.63) is 0 Å². The second-order valence-corrected chi connectivity index (χ2v) is 3.97. The summed E-state index contributed by atoms with van der Waals surface area (Å²) >= 11 is 1.33. The Morgan fingerprint density at radius 1 is 1.46 bits per heavy atom. The maximum atomic E-state index is 8.95. The van der Waals surface area contributed by atoms with Gasteiger partial charge in [-0.05, 0) is 24.0 Å². The first-order valence-corrected chi connectivity index (χ1v) is 5.18. The van der Waals surface area contributed by atoms with Crippen molar-refractivity contribution < 1.29 is 5.11 Å². The number of aliphatic hydroxyl groups is 1. The molecule has 0 amide bonds. The highest BCUT2D eigenvalue weighted by molar-refractivity contribution is 7.09. The average molecular weight is 200 g/mol. The predicted octanol–water partition coefficient (Wildman–Crippen LogP) is 0.142. The summed E-state index contributed by atoms with van der Waals surface area (Å²) in [4.78, 5) is 2.18. The van der Waals surface area contributed by atoms with Crippen LogP contribution in [-0.4, -0.2) is 39.6 Å². The summed E-state index contributed by atoms with van der Waals surface area (Å²) < 4.78 is 3.73. The van der Waals surface area contributed by atoms with Crippen LogP contribution in [0.4, 0.5) is 5.13 Å². The Balaban J connectivity index is 1.92. The van der Waals surface area contributed by atoms with Gasteiger partial charge in [-0.1, -0.05) is 9.59 Å². The van der Waals surface area contributed by atoms with Gasteiger partial charge in [0.25, 0.3) is 0 Å². The van der Waals surface area contributed by atoms with Crippen LogP contribution >= 0.6 is 11.5 Å². The molecule has 0 saturated carbocycles. The lowest BCUT2D eigenvalue weighted by Gasteiger charge is -2.29. The van der Waals surface area contributed by atoms with Crippen LogP contribution in [0.5, 0.6) is 0 Å². The summed E-state index contributed by atoms with van der Waals surface area (Å²) in [7, 11) is 0. The first-order chi connectivity index (χ1) is 6.40. The van der Waals surface area contributed by atoms with E-state index in [0.717, 1.165) is 31.1 Å². The first kappa shape index (κ1) is 8.83. The van der Waals surface area contributed by atoms with Crippen LogP contribution in [0.1, 0.15) is 12.8 Å². The topological polar surface area (TPSA) is 62.1 Å². The molecule has 0 unspecified atom stereocenters. The van der Waals surface area contributed by atoms with Gasteiger partial charge in [-0.25, -0.2) is 0 Å². The zero-order valence-electron chi connectivity index (χ0n) is 7.26. The molecule has 1 aromatic rings. The van der Waals surface area contributed by atoms with Gasteiger partial charge in [0, 0.05) is 31.2 Å². The third kappa shape index (κ3) is 1.94. The molecule has 5 nitrogen and oxygen atoms in total. The Hall–Kier alpha value is -0.750. The summed E-state index contributed by atoms with van der Waals surface area (Å²) in [6, 6.07) is 0. The minimum absolute atomic E-state index is 0.308. The first-order valence-electron chi connectivity index (χ1n) is 4.41. The van der Waals surface area contributed by atoms with Crippen molar-refractivity contribution in [1.82, 2.24) is 14.8 Å². The van der Waals surface area contributed by atoms with Gasteiger partial charge < -0.3 is 10.0 Å². The van der Waals surface area contributed by atoms with E-state index in [1.807, 2.05) is 0 Å². The normalized spacial score (nSPS) is 19.3. The highest BCUT2D eigenvalue weighted by Gasteiger charge is 2.20. The summed E-state index contributed by atoms with van der Waals surface area (Å²) in [5.41, 5.74) is 0. The van der Waals surface area contributed by atoms with Crippen molar-refractivity contribution in [2.24, 2.45) is 5.92 Å². The lowest BCUT2D eigenvalue weighted by molar-refractivity contribution is 0.203. The maximum absolute atomic E-state index is 8.95. The molecular weight excluding hydrogens is 188 g/mol. The number of hydrogen-bond acceptors (Lipinski definition) is 6. The van der Waals surface area contributed by atoms with Crippen molar-refractivity contribution in [2.45, 2.75) is 12.8 Å². The molecule has 0 bridgehead atoms. The highest BCUT2D eigenvalue weighted by Crippen LogP contribution is 2.22. The van der Waals surface area contributed by atoms with Crippen molar-refractivity contribution in [1.29, 1.82) is 0 Å². The monoisotopic (exact) mass is 200 g/mol. The largest absolute Gasteiger partial charge is 0.396 e. The number of hydrogen-bond donors (Lipinski definition) is 1. The molecule has 0 radical (unpaired) electrons. The Morgan fingerprint density at radius 3 is 2.77 bits per heavy atom. The van der Waals surface area contributed by atoms with Crippen LogP contribution in [-0.2, 0) is 0 Å². The number of aliphatic hydroxyl groups excluding tert-OH is 1. The Kier molecular flexibility index (Phi) is 2.70. The molecule has 2 heterocycles. The van der Waals surface area contributed by atoms with Crippen molar-refractivity contribution in [3.8, 4) is 0 Å². The van der Waals surface area contributed by atoms with E-state index in [2.05, 4.69) is 19.7 Å². The van der Waals surface area contributed by atoms with Crippen LogP contribution in [0, 0.1) is 5.92 Å². The maximum Gasteiger partial charge on any atom is 0.227 e. The smallest absolute Gasteiger partial charge is 0.227 e. The number of rotatable bonds is 2. The van der Waals surface area contributed by atoms with Crippen LogP contribution < -0.4 is 4.90 Å². The van der Waals surface area contributed by atoms with Gasteiger partial charge in [0.1, 0.15) is 0 Å². The number of anilines is 1. The van der Waals surface area contributed by atoms with Crippen molar-refractivity contribution >= 4 is 16.7 Å². The third-order valence-corrected chi connectivity index (χ3v) is 3.09. The van der Waals surface area contributed by atoms with Crippen molar-refractivity contribution in [2.75, 3.05) is 24.6 Å². The van der Waals surface area contributed by atoms with Crippen LogP contribution in [0.2, 0.25) is 0 Å². The van der Waals surface area contributed by atoms with E-state index in [9.17, 15) is 0 Å². The SMILES string of the molecule is OCC1CCN(c2nnns2)CC1. The number of aromatic nitrogens is 3. The molecule has 0 aromatic carbocycles. The molecule has 6 heteroatoms. The Labute approximate surface area is 80.5 Å². The van der Waals surface area contributed by atoms with E-state index in [0.29, 0.717) is 12.5 Å². The minimum atomic E-state index is 0.308. The summed E-state index contributed by atoms with van der Waals surface area (Å²) in [6.07, 6.45) is 2.08. The van der Waals surface area contributed by atoms with Gasteiger partial charge in [-0.15, -0.1) is 0 Å². The van der Waals surface area contributed by atoms with Gasteiger partial charge >= 0.3 is 0 Å². The molecular formula is C7H12N4OS. The molecule has 13 heavy (non-hydrogen) atoms. The molecule has 72 valence electrons. The fourth-order valence-corrected chi connectivity index (χ4v) is 2.07. The lowest BCUT2D eigenvalue weighted by Crippen LogP contribution is -2.34. The quantitative estimate of drug-likeness (QED) is 0.736. The molecule has 0 aliphatic carbocycles. The molecule has 1 fully saturated rings. The van der Waals surface area contributed by atoms with E-state index in [-0.39, 0.29) is 0 Å². The molecule has 0 spiro atoms. The molecule has 1 saturated heterocycles. The van der Waals surface area contributed by atoms with Crippen LogP contribution in [0.3, 0.4) is 0 Å². The van der Waals surface area contributed by atoms with Gasteiger partial charge in [-0.2, -0.15) is 0 Å². The third-order valence-electron chi connectivity index (χ3n) is 2.43. The zero-order valence-corrected chi connectivity index (χ0v) is 8.07. The number of nitrogens with zero attached hydrogens (tertiary/aromatic N) is 4. The summed E-state index contributed by atoms with van der Waals surface area (Å²) in [6.45, 7) is 2.23. The molecule has 1 aromatic heterocycles. The Morgan fingerprint density at radius 2 is 2.23 bits per heavy atom. The molecule has 2 rings (SSSR count). The average Bonchev–Trinajstić information content (AvgIpc) is 2.71. The lowest BCUT2D eigenvalue weighted by atomic mass is 9.98. The molecule has 1 aliphatic heterocycles. The highest BCUT2D eigenvalue weighted by atomic mass is 32.1. The predicted molar refractivity (Wildman–Crippen MR) is 49.7 cm³/mol.